The largest absolute Gasteiger partial charge is 0.243 e. The Kier molecular flexibility index (Phi) is 3.14. The minimum atomic E-state index is -3.78. The first-order chi connectivity index (χ1) is 6.38. The van der Waals surface area contributed by atoms with Gasteiger partial charge in [-0.3, -0.25) is 0 Å². The summed E-state index contributed by atoms with van der Waals surface area (Å²) in [6.45, 7) is 1.60. The molecule has 0 aliphatic rings. The Morgan fingerprint density at radius 1 is 1.43 bits per heavy atom. The van der Waals surface area contributed by atoms with Gasteiger partial charge in [0.1, 0.15) is 10.7 Å². The van der Waals surface area contributed by atoms with Crippen molar-refractivity contribution < 1.29 is 12.8 Å². The second kappa shape index (κ2) is 3.84. The van der Waals surface area contributed by atoms with Gasteiger partial charge in [-0.15, -0.1) is 0 Å². The zero-order valence-corrected chi connectivity index (χ0v) is 9.21. The lowest BCUT2D eigenvalue weighted by Crippen LogP contribution is -2.20. The van der Waals surface area contributed by atoms with Crippen LogP contribution < -0.4 is 4.72 Å². The molecule has 0 saturated carbocycles. The van der Waals surface area contributed by atoms with Crippen molar-refractivity contribution in [3.05, 3.63) is 28.5 Å². The second-order valence-electron chi connectivity index (χ2n) is 2.74. The van der Waals surface area contributed by atoms with Crippen LogP contribution in [0.1, 0.15) is 5.56 Å². The highest BCUT2D eigenvalue weighted by Gasteiger charge is 2.18. The van der Waals surface area contributed by atoms with Gasteiger partial charge in [0.15, 0.2) is 0 Å². The maximum Gasteiger partial charge on any atom is 0.243 e. The Hall–Kier alpha value is -0.650. The molecule has 78 valence electrons. The summed E-state index contributed by atoms with van der Waals surface area (Å²) in [6, 6.07) is 2.19. The lowest BCUT2D eigenvalue weighted by molar-refractivity contribution is 0.561. The topological polar surface area (TPSA) is 46.2 Å². The number of sulfonamides is 1. The first kappa shape index (κ1) is 11.4. The maximum absolute atomic E-state index is 13.2. The van der Waals surface area contributed by atoms with Crippen molar-refractivity contribution in [2.75, 3.05) is 7.05 Å². The molecule has 0 radical (unpaired) electrons. The van der Waals surface area contributed by atoms with Crippen LogP contribution in [0.3, 0.4) is 0 Å². The first-order valence-corrected chi connectivity index (χ1v) is 5.64. The molecule has 0 atom stereocenters. The summed E-state index contributed by atoms with van der Waals surface area (Å²) >= 11 is 5.69. The quantitative estimate of drug-likeness (QED) is 0.851. The smallest absolute Gasteiger partial charge is 0.214 e. The molecule has 1 rings (SSSR count). The summed E-state index contributed by atoms with van der Waals surface area (Å²) in [5.41, 5.74) is 0.499. The third kappa shape index (κ3) is 2.05. The molecule has 0 unspecified atom stereocenters. The average Bonchev–Trinajstić information content (AvgIpc) is 2.11. The Bertz CT molecular complexity index is 459. The van der Waals surface area contributed by atoms with E-state index in [4.69, 9.17) is 11.6 Å². The Morgan fingerprint density at radius 3 is 2.50 bits per heavy atom. The Balaban J connectivity index is 3.45. The normalized spacial score (nSPS) is 11.7. The van der Waals surface area contributed by atoms with Crippen LogP contribution in [0, 0.1) is 12.7 Å². The van der Waals surface area contributed by atoms with E-state index in [1.165, 1.54) is 7.05 Å². The van der Waals surface area contributed by atoms with E-state index in [-0.39, 0.29) is 5.02 Å². The monoisotopic (exact) mass is 237 g/mol. The molecule has 0 aliphatic carbocycles. The van der Waals surface area contributed by atoms with E-state index in [2.05, 4.69) is 0 Å². The van der Waals surface area contributed by atoms with Crippen molar-refractivity contribution in [1.29, 1.82) is 0 Å². The standard InChI is InChI=1S/C8H9ClFNO2S/c1-5-3-7(10)8(4-6(5)9)14(12,13)11-2/h3-4,11H,1-2H3. The van der Waals surface area contributed by atoms with Gasteiger partial charge >= 0.3 is 0 Å². The van der Waals surface area contributed by atoms with Crippen LogP contribution in [0.15, 0.2) is 17.0 Å². The van der Waals surface area contributed by atoms with Crippen molar-refractivity contribution in [2.45, 2.75) is 11.8 Å². The minimum Gasteiger partial charge on any atom is -0.214 e. The van der Waals surface area contributed by atoms with Gasteiger partial charge in [0.25, 0.3) is 0 Å². The van der Waals surface area contributed by atoms with Crippen molar-refractivity contribution >= 4 is 21.6 Å². The zero-order valence-electron chi connectivity index (χ0n) is 7.64. The molecule has 0 fully saturated rings. The fourth-order valence-corrected chi connectivity index (χ4v) is 1.98. The zero-order chi connectivity index (χ0) is 10.9. The summed E-state index contributed by atoms with van der Waals surface area (Å²) < 4.78 is 37.8. The molecule has 3 nitrogen and oxygen atoms in total. The average molecular weight is 238 g/mol. The Labute approximate surface area is 86.9 Å². The van der Waals surface area contributed by atoms with Crippen LogP contribution in [0.25, 0.3) is 0 Å². The summed E-state index contributed by atoms with van der Waals surface area (Å²) in [5, 5.41) is 0.222. The number of rotatable bonds is 2. The van der Waals surface area contributed by atoms with Gasteiger partial charge in [0, 0.05) is 5.02 Å². The second-order valence-corrected chi connectivity index (χ2v) is 5.00. The lowest BCUT2D eigenvalue weighted by Gasteiger charge is -2.06. The summed E-state index contributed by atoms with van der Waals surface area (Å²) in [7, 11) is -2.57. The van der Waals surface area contributed by atoms with E-state index in [0.717, 1.165) is 12.1 Å². The molecule has 6 heteroatoms. The highest BCUT2D eigenvalue weighted by atomic mass is 35.5. The molecule has 0 aromatic heterocycles. The number of benzene rings is 1. The summed E-state index contributed by atoms with van der Waals surface area (Å²) in [5.74, 6) is -0.804. The molecule has 1 aromatic carbocycles. The van der Waals surface area contributed by atoms with Crippen LogP contribution in [0.5, 0.6) is 0 Å². The molecule has 0 saturated heterocycles. The first-order valence-electron chi connectivity index (χ1n) is 3.77. The number of hydrogen-bond donors (Lipinski definition) is 1. The van der Waals surface area contributed by atoms with Crippen molar-refractivity contribution in [2.24, 2.45) is 0 Å². The predicted molar refractivity (Wildman–Crippen MR) is 52.4 cm³/mol. The van der Waals surface area contributed by atoms with E-state index in [1.54, 1.807) is 6.92 Å². The third-order valence-electron chi connectivity index (χ3n) is 1.77. The maximum atomic E-state index is 13.2. The highest BCUT2D eigenvalue weighted by molar-refractivity contribution is 7.89. The minimum absolute atomic E-state index is 0.222. The lowest BCUT2D eigenvalue weighted by atomic mass is 10.2. The van der Waals surface area contributed by atoms with Gasteiger partial charge in [-0.25, -0.2) is 17.5 Å². The van der Waals surface area contributed by atoms with Gasteiger partial charge in [-0.05, 0) is 31.7 Å². The van der Waals surface area contributed by atoms with Gasteiger partial charge in [-0.2, -0.15) is 0 Å². The summed E-state index contributed by atoms with van der Waals surface area (Å²) in [6.07, 6.45) is 0. The van der Waals surface area contributed by atoms with E-state index >= 15 is 0 Å². The van der Waals surface area contributed by atoms with E-state index in [0.29, 0.717) is 5.56 Å². The molecule has 0 spiro atoms. The molecule has 1 N–H and O–H groups in total. The number of hydrogen-bond acceptors (Lipinski definition) is 2. The van der Waals surface area contributed by atoms with Gasteiger partial charge < -0.3 is 0 Å². The predicted octanol–water partition coefficient (Wildman–Crippen LogP) is 1.70. The fourth-order valence-electron chi connectivity index (χ4n) is 0.944. The molecule has 0 bridgehead atoms. The van der Waals surface area contributed by atoms with E-state index in [9.17, 15) is 12.8 Å². The van der Waals surface area contributed by atoms with Crippen molar-refractivity contribution in [1.82, 2.24) is 4.72 Å². The molecule has 0 heterocycles. The highest BCUT2D eigenvalue weighted by Crippen LogP contribution is 2.22. The van der Waals surface area contributed by atoms with Crippen LogP contribution >= 0.6 is 11.6 Å². The fraction of sp³-hybridized carbons (Fsp3) is 0.250. The molecule has 0 amide bonds. The van der Waals surface area contributed by atoms with E-state index < -0.39 is 20.7 Å². The van der Waals surface area contributed by atoms with Crippen LogP contribution in [-0.2, 0) is 10.0 Å². The van der Waals surface area contributed by atoms with Gasteiger partial charge in [0.2, 0.25) is 10.0 Å². The Morgan fingerprint density at radius 2 is 2.00 bits per heavy atom. The van der Waals surface area contributed by atoms with E-state index in [1.807, 2.05) is 4.72 Å². The SMILES string of the molecule is CNS(=O)(=O)c1cc(Cl)c(C)cc1F. The molecule has 14 heavy (non-hydrogen) atoms. The molecular weight excluding hydrogens is 229 g/mol. The van der Waals surface area contributed by atoms with Crippen LogP contribution in [0.2, 0.25) is 5.02 Å². The van der Waals surface area contributed by atoms with Crippen molar-refractivity contribution in [3.63, 3.8) is 0 Å². The third-order valence-corrected chi connectivity index (χ3v) is 3.61. The van der Waals surface area contributed by atoms with Crippen molar-refractivity contribution in [3.8, 4) is 0 Å². The summed E-state index contributed by atoms with van der Waals surface area (Å²) in [4.78, 5) is -0.435. The number of nitrogens with one attached hydrogen (secondary N) is 1. The number of aryl methyl sites for hydroxylation is 1. The molecular formula is C8H9ClFNO2S. The number of halogens is 2. The van der Waals surface area contributed by atoms with Crippen LogP contribution in [0.4, 0.5) is 4.39 Å². The van der Waals surface area contributed by atoms with Gasteiger partial charge in [0.05, 0.1) is 0 Å². The van der Waals surface area contributed by atoms with Crippen LogP contribution in [-0.4, -0.2) is 15.5 Å². The van der Waals surface area contributed by atoms with Gasteiger partial charge in [-0.1, -0.05) is 11.6 Å². The molecule has 1 aromatic rings. The molecule has 0 aliphatic heterocycles.